The predicted molar refractivity (Wildman–Crippen MR) is 87.1 cm³/mol. The van der Waals surface area contributed by atoms with Gasteiger partial charge in [-0.3, -0.25) is 4.68 Å². The molecule has 3 aromatic rings. The van der Waals surface area contributed by atoms with Crippen molar-refractivity contribution in [1.29, 1.82) is 0 Å². The molecule has 0 aliphatic rings. The maximum absolute atomic E-state index is 14.4. The van der Waals surface area contributed by atoms with Gasteiger partial charge in [0.25, 0.3) is 0 Å². The first-order valence-electron chi connectivity index (χ1n) is 7.78. The SMILES string of the molecule is Cc1cc(-c2c(F)cc(CCc3c(F)cccc3F)cc2F)n(C)n1. The van der Waals surface area contributed by atoms with Crippen LogP contribution in [0.4, 0.5) is 17.6 Å². The number of aromatic nitrogens is 2. The van der Waals surface area contributed by atoms with Crippen LogP contribution in [0.15, 0.2) is 36.4 Å². The van der Waals surface area contributed by atoms with Crippen molar-refractivity contribution in [3.63, 3.8) is 0 Å². The van der Waals surface area contributed by atoms with E-state index in [2.05, 4.69) is 5.10 Å². The Morgan fingerprint density at radius 1 is 0.880 bits per heavy atom. The molecule has 0 spiro atoms. The van der Waals surface area contributed by atoms with Gasteiger partial charge < -0.3 is 0 Å². The molecule has 0 N–H and O–H groups in total. The molecule has 0 atom stereocenters. The molecule has 3 rings (SSSR count). The Morgan fingerprint density at radius 2 is 1.48 bits per heavy atom. The third-order valence-electron chi connectivity index (χ3n) is 4.09. The quantitative estimate of drug-likeness (QED) is 0.623. The van der Waals surface area contributed by atoms with E-state index in [0.29, 0.717) is 17.0 Å². The second kappa shape index (κ2) is 6.70. The zero-order valence-electron chi connectivity index (χ0n) is 13.8. The molecule has 25 heavy (non-hydrogen) atoms. The first kappa shape index (κ1) is 17.2. The lowest BCUT2D eigenvalue weighted by molar-refractivity contribution is 0.553. The highest BCUT2D eigenvalue weighted by molar-refractivity contribution is 5.62. The monoisotopic (exact) mass is 348 g/mol. The summed E-state index contributed by atoms with van der Waals surface area (Å²) in [5, 5.41) is 4.09. The van der Waals surface area contributed by atoms with Gasteiger partial charge in [0.05, 0.1) is 17.0 Å². The summed E-state index contributed by atoms with van der Waals surface area (Å²) in [7, 11) is 1.61. The highest BCUT2D eigenvalue weighted by Crippen LogP contribution is 2.28. The van der Waals surface area contributed by atoms with Gasteiger partial charge >= 0.3 is 0 Å². The van der Waals surface area contributed by atoms with Crippen molar-refractivity contribution in [2.24, 2.45) is 7.05 Å². The Hall–Kier alpha value is -2.63. The molecule has 2 aromatic carbocycles. The van der Waals surface area contributed by atoms with E-state index in [4.69, 9.17) is 0 Å². The molecule has 6 heteroatoms. The van der Waals surface area contributed by atoms with E-state index in [1.54, 1.807) is 20.0 Å². The van der Waals surface area contributed by atoms with E-state index >= 15 is 0 Å². The molecule has 0 amide bonds. The summed E-state index contributed by atoms with van der Waals surface area (Å²) in [6.45, 7) is 1.73. The fourth-order valence-electron chi connectivity index (χ4n) is 2.90. The van der Waals surface area contributed by atoms with E-state index in [-0.39, 0.29) is 24.0 Å². The fourth-order valence-corrected chi connectivity index (χ4v) is 2.90. The number of aryl methyl sites for hydroxylation is 3. The van der Waals surface area contributed by atoms with Crippen LogP contribution in [0.3, 0.4) is 0 Å². The Bertz CT molecular complexity index is 888. The van der Waals surface area contributed by atoms with Crippen molar-refractivity contribution in [2.45, 2.75) is 19.8 Å². The van der Waals surface area contributed by atoms with Gasteiger partial charge in [-0.15, -0.1) is 0 Å². The van der Waals surface area contributed by atoms with Crippen molar-refractivity contribution >= 4 is 0 Å². The van der Waals surface area contributed by atoms with Crippen LogP contribution in [0.25, 0.3) is 11.3 Å². The average molecular weight is 348 g/mol. The number of benzene rings is 2. The predicted octanol–water partition coefficient (Wildman–Crippen LogP) is 4.74. The molecule has 1 aromatic heterocycles. The van der Waals surface area contributed by atoms with E-state index in [1.165, 1.54) is 22.9 Å². The molecule has 130 valence electrons. The maximum atomic E-state index is 14.4. The minimum Gasteiger partial charge on any atom is -0.267 e. The summed E-state index contributed by atoms with van der Waals surface area (Å²) in [6.07, 6.45) is 0.137. The van der Waals surface area contributed by atoms with Gasteiger partial charge in [0.2, 0.25) is 0 Å². The van der Waals surface area contributed by atoms with E-state index < -0.39 is 23.3 Å². The molecule has 0 unspecified atom stereocenters. The first-order valence-corrected chi connectivity index (χ1v) is 7.78. The van der Waals surface area contributed by atoms with E-state index in [0.717, 1.165) is 12.1 Å². The molecule has 1 heterocycles. The van der Waals surface area contributed by atoms with Crippen LogP contribution in [-0.2, 0) is 19.9 Å². The average Bonchev–Trinajstić information content (AvgIpc) is 2.84. The molecule has 0 saturated heterocycles. The largest absolute Gasteiger partial charge is 0.267 e. The van der Waals surface area contributed by atoms with Crippen molar-refractivity contribution in [2.75, 3.05) is 0 Å². The van der Waals surface area contributed by atoms with Crippen LogP contribution >= 0.6 is 0 Å². The van der Waals surface area contributed by atoms with Gasteiger partial charge in [0.1, 0.15) is 23.3 Å². The number of halogens is 4. The van der Waals surface area contributed by atoms with Gasteiger partial charge in [0, 0.05) is 12.6 Å². The lowest BCUT2D eigenvalue weighted by Gasteiger charge is -2.09. The highest BCUT2D eigenvalue weighted by Gasteiger charge is 2.17. The third-order valence-corrected chi connectivity index (χ3v) is 4.09. The number of rotatable bonds is 4. The maximum Gasteiger partial charge on any atom is 0.135 e. The summed E-state index contributed by atoms with van der Waals surface area (Å²) in [5.74, 6) is -2.79. The molecule has 0 bridgehead atoms. The Morgan fingerprint density at radius 3 is 2.00 bits per heavy atom. The van der Waals surface area contributed by atoms with Crippen LogP contribution in [-0.4, -0.2) is 9.78 Å². The third kappa shape index (κ3) is 3.43. The van der Waals surface area contributed by atoms with Crippen LogP contribution in [0, 0.1) is 30.2 Å². The molecule has 0 fully saturated rings. The Balaban J connectivity index is 1.89. The number of nitrogens with zero attached hydrogens (tertiary/aromatic N) is 2. The van der Waals surface area contributed by atoms with Gasteiger partial charge in [-0.25, -0.2) is 17.6 Å². The molecule has 0 saturated carbocycles. The second-order valence-corrected chi connectivity index (χ2v) is 5.93. The zero-order valence-corrected chi connectivity index (χ0v) is 13.8. The van der Waals surface area contributed by atoms with Gasteiger partial charge in [0.15, 0.2) is 0 Å². The van der Waals surface area contributed by atoms with E-state index in [1.807, 2.05) is 0 Å². The number of hydrogen-bond acceptors (Lipinski definition) is 1. The van der Waals surface area contributed by atoms with Crippen molar-refractivity contribution in [3.8, 4) is 11.3 Å². The molecule has 0 aliphatic heterocycles. The van der Waals surface area contributed by atoms with Crippen molar-refractivity contribution < 1.29 is 17.6 Å². The lowest BCUT2D eigenvalue weighted by atomic mass is 10.0. The summed E-state index contributed by atoms with van der Waals surface area (Å²) < 4.78 is 57.6. The standard InChI is InChI=1S/C19H16F4N2/c1-11-8-18(25(2)24-11)19-16(22)9-12(10-17(19)23)6-7-13-14(20)4-3-5-15(13)21/h3-5,8-10H,6-7H2,1-2H3. The molecular formula is C19H16F4N2. The summed E-state index contributed by atoms with van der Waals surface area (Å²) in [5.41, 5.74) is 1.06. The first-order chi connectivity index (χ1) is 11.9. The van der Waals surface area contributed by atoms with Gasteiger partial charge in [-0.2, -0.15) is 5.10 Å². The smallest absolute Gasteiger partial charge is 0.135 e. The van der Waals surface area contributed by atoms with Gasteiger partial charge in [-0.05, 0) is 55.7 Å². The minimum atomic E-state index is -0.730. The molecule has 2 nitrogen and oxygen atoms in total. The Kier molecular flexibility index (Phi) is 4.61. The lowest BCUT2D eigenvalue weighted by Crippen LogP contribution is -2.02. The van der Waals surface area contributed by atoms with Crippen LogP contribution in [0.2, 0.25) is 0 Å². The van der Waals surface area contributed by atoms with E-state index in [9.17, 15) is 17.6 Å². The topological polar surface area (TPSA) is 17.8 Å². The molecule has 0 radical (unpaired) electrons. The highest BCUT2D eigenvalue weighted by atomic mass is 19.1. The van der Waals surface area contributed by atoms with Crippen molar-refractivity contribution in [1.82, 2.24) is 9.78 Å². The van der Waals surface area contributed by atoms with Crippen LogP contribution in [0.5, 0.6) is 0 Å². The normalized spacial score (nSPS) is 11.1. The van der Waals surface area contributed by atoms with Crippen LogP contribution < -0.4 is 0 Å². The van der Waals surface area contributed by atoms with Gasteiger partial charge in [-0.1, -0.05) is 6.07 Å². The van der Waals surface area contributed by atoms with Crippen molar-refractivity contribution in [3.05, 3.63) is 76.5 Å². The Labute approximate surface area is 142 Å². The molecule has 0 aliphatic carbocycles. The minimum absolute atomic E-state index is 0.0154. The number of hydrogen-bond donors (Lipinski definition) is 0. The summed E-state index contributed by atoms with van der Waals surface area (Å²) >= 11 is 0. The summed E-state index contributed by atoms with van der Waals surface area (Å²) in [4.78, 5) is 0. The summed E-state index contributed by atoms with van der Waals surface area (Å²) in [6, 6.07) is 7.58. The fraction of sp³-hybridized carbons (Fsp3) is 0.211. The second-order valence-electron chi connectivity index (χ2n) is 5.93. The zero-order chi connectivity index (χ0) is 18.1. The van der Waals surface area contributed by atoms with Crippen LogP contribution in [0.1, 0.15) is 16.8 Å². The molecular weight excluding hydrogens is 332 g/mol.